The van der Waals surface area contributed by atoms with Crippen LogP contribution in [0.3, 0.4) is 0 Å². The molecule has 2 heterocycles. The molecule has 2 atom stereocenters. The standard InChI is InChI=1S/C13H24N2O4/c1-13(2,3)19-12(17)15-6-10-9-18-5-4-14(10)7-11(16)8-15/h10-11,16H,4-9H2,1-3H3. The van der Waals surface area contributed by atoms with Crippen LogP contribution >= 0.6 is 0 Å². The number of rotatable bonds is 0. The number of hydrogen-bond donors (Lipinski definition) is 1. The zero-order valence-corrected chi connectivity index (χ0v) is 12.0. The number of hydrogen-bond acceptors (Lipinski definition) is 5. The fraction of sp³-hybridized carbons (Fsp3) is 0.923. The third-order valence-electron chi connectivity index (χ3n) is 3.31. The van der Waals surface area contributed by atoms with Crippen molar-refractivity contribution in [3.63, 3.8) is 0 Å². The number of aliphatic hydroxyl groups is 1. The summed E-state index contributed by atoms with van der Waals surface area (Å²) in [6, 6.07) is 0.151. The molecule has 0 spiro atoms. The molecule has 1 amide bonds. The van der Waals surface area contributed by atoms with Crippen LogP contribution in [0.4, 0.5) is 4.79 Å². The zero-order valence-electron chi connectivity index (χ0n) is 12.0. The first-order valence-corrected chi connectivity index (χ1v) is 6.83. The Labute approximate surface area is 114 Å². The van der Waals surface area contributed by atoms with Gasteiger partial charge in [-0.2, -0.15) is 0 Å². The number of carbonyl (C=O) groups is 1. The Kier molecular flexibility index (Phi) is 4.32. The van der Waals surface area contributed by atoms with Crippen molar-refractivity contribution in [2.75, 3.05) is 39.4 Å². The molecular weight excluding hydrogens is 248 g/mol. The zero-order chi connectivity index (χ0) is 14.0. The number of nitrogens with zero attached hydrogens (tertiary/aromatic N) is 2. The van der Waals surface area contributed by atoms with Crippen LogP contribution in [0.2, 0.25) is 0 Å². The van der Waals surface area contributed by atoms with Crippen LogP contribution in [0.5, 0.6) is 0 Å². The number of morpholine rings is 1. The van der Waals surface area contributed by atoms with Crippen LogP contribution in [0, 0.1) is 0 Å². The molecule has 0 radical (unpaired) electrons. The second-order valence-corrected chi connectivity index (χ2v) is 6.26. The Morgan fingerprint density at radius 3 is 2.74 bits per heavy atom. The van der Waals surface area contributed by atoms with Crippen LogP contribution in [0.15, 0.2) is 0 Å². The Morgan fingerprint density at radius 1 is 1.32 bits per heavy atom. The van der Waals surface area contributed by atoms with Crippen LogP contribution in [0.1, 0.15) is 20.8 Å². The van der Waals surface area contributed by atoms with Crippen LogP contribution in [-0.4, -0.2) is 78.1 Å². The molecule has 2 unspecified atom stereocenters. The number of aliphatic hydroxyl groups excluding tert-OH is 1. The molecule has 2 fully saturated rings. The van der Waals surface area contributed by atoms with Gasteiger partial charge >= 0.3 is 6.09 Å². The number of fused-ring (bicyclic) bond motifs is 1. The summed E-state index contributed by atoms with van der Waals surface area (Å²) < 4.78 is 10.8. The van der Waals surface area contributed by atoms with Gasteiger partial charge in [-0.1, -0.05) is 0 Å². The lowest BCUT2D eigenvalue weighted by atomic mass is 10.2. The summed E-state index contributed by atoms with van der Waals surface area (Å²) in [5.41, 5.74) is -0.517. The topological polar surface area (TPSA) is 62.2 Å². The molecule has 6 heteroatoms. The van der Waals surface area contributed by atoms with Crippen LogP contribution < -0.4 is 0 Å². The molecule has 110 valence electrons. The fourth-order valence-electron chi connectivity index (χ4n) is 2.49. The smallest absolute Gasteiger partial charge is 0.410 e. The van der Waals surface area contributed by atoms with Crippen molar-refractivity contribution in [3.05, 3.63) is 0 Å². The van der Waals surface area contributed by atoms with E-state index in [9.17, 15) is 9.90 Å². The van der Waals surface area contributed by atoms with Crippen LogP contribution in [0.25, 0.3) is 0 Å². The van der Waals surface area contributed by atoms with Crippen molar-refractivity contribution in [2.24, 2.45) is 0 Å². The van der Waals surface area contributed by atoms with Crippen molar-refractivity contribution >= 4 is 6.09 Å². The predicted molar refractivity (Wildman–Crippen MR) is 70.0 cm³/mol. The highest BCUT2D eigenvalue weighted by atomic mass is 16.6. The summed E-state index contributed by atoms with van der Waals surface area (Å²) in [7, 11) is 0. The lowest BCUT2D eigenvalue weighted by Crippen LogP contribution is -2.50. The van der Waals surface area contributed by atoms with Gasteiger partial charge in [-0.05, 0) is 20.8 Å². The fourth-order valence-corrected chi connectivity index (χ4v) is 2.49. The molecule has 0 aromatic carbocycles. The van der Waals surface area contributed by atoms with Gasteiger partial charge in [0.05, 0.1) is 31.9 Å². The monoisotopic (exact) mass is 272 g/mol. The minimum atomic E-state index is -0.532. The van der Waals surface area contributed by atoms with Gasteiger partial charge in [0.2, 0.25) is 0 Å². The normalized spacial score (nSPS) is 29.6. The molecule has 0 saturated carbocycles. The third kappa shape index (κ3) is 4.06. The highest BCUT2D eigenvalue weighted by molar-refractivity contribution is 5.68. The molecule has 0 aromatic rings. The van der Waals surface area contributed by atoms with Gasteiger partial charge in [-0.15, -0.1) is 0 Å². The Morgan fingerprint density at radius 2 is 2.05 bits per heavy atom. The van der Waals surface area contributed by atoms with Crippen molar-refractivity contribution in [3.8, 4) is 0 Å². The number of β-amino-alcohol motifs (C(OH)–C–C–N with tert-alkyl or cyclic N) is 1. The Balaban J connectivity index is 2.02. The van der Waals surface area contributed by atoms with Gasteiger partial charge in [0, 0.05) is 19.6 Å². The maximum Gasteiger partial charge on any atom is 0.410 e. The first kappa shape index (κ1) is 14.6. The van der Waals surface area contributed by atoms with Crippen LogP contribution in [-0.2, 0) is 9.47 Å². The van der Waals surface area contributed by atoms with Crippen molar-refractivity contribution in [1.29, 1.82) is 0 Å². The minimum absolute atomic E-state index is 0.151. The second kappa shape index (κ2) is 5.64. The summed E-state index contributed by atoms with van der Waals surface area (Å²) in [5.74, 6) is 0. The molecule has 0 aliphatic carbocycles. The van der Waals surface area contributed by atoms with E-state index in [2.05, 4.69) is 4.90 Å². The molecule has 6 nitrogen and oxygen atoms in total. The molecule has 2 saturated heterocycles. The van der Waals surface area contributed by atoms with Gasteiger partial charge in [0.15, 0.2) is 0 Å². The first-order chi connectivity index (χ1) is 8.85. The summed E-state index contributed by atoms with van der Waals surface area (Å²) in [6.45, 7) is 9.09. The molecule has 2 aliphatic rings. The van der Waals surface area contributed by atoms with E-state index in [0.717, 1.165) is 6.54 Å². The summed E-state index contributed by atoms with van der Waals surface area (Å²) in [6.07, 6.45) is -0.894. The maximum atomic E-state index is 12.1. The second-order valence-electron chi connectivity index (χ2n) is 6.26. The van der Waals surface area contributed by atoms with Crippen molar-refractivity contribution < 1.29 is 19.4 Å². The van der Waals surface area contributed by atoms with E-state index in [4.69, 9.17) is 9.47 Å². The van der Waals surface area contributed by atoms with E-state index in [1.165, 1.54) is 0 Å². The molecular formula is C13H24N2O4. The predicted octanol–water partition coefficient (Wildman–Crippen LogP) is 0.299. The Bertz CT molecular complexity index is 329. The van der Waals surface area contributed by atoms with Gasteiger partial charge in [0.1, 0.15) is 5.60 Å². The van der Waals surface area contributed by atoms with Gasteiger partial charge in [-0.25, -0.2) is 4.79 Å². The molecule has 2 rings (SSSR count). The van der Waals surface area contributed by atoms with E-state index in [0.29, 0.717) is 32.8 Å². The van der Waals surface area contributed by atoms with E-state index in [-0.39, 0.29) is 12.1 Å². The summed E-state index contributed by atoms with van der Waals surface area (Å²) in [5, 5.41) is 10.0. The van der Waals surface area contributed by atoms with E-state index < -0.39 is 11.7 Å². The summed E-state index contributed by atoms with van der Waals surface area (Å²) >= 11 is 0. The average Bonchev–Trinajstić information content (AvgIpc) is 2.44. The minimum Gasteiger partial charge on any atom is -0.444 e. The van der Waals surface area contributed by atoms with Crippen molar-refractivity contribution in [1.82, 2.24) is 9.80 Å². The molecule has 0 bridgehead atoms. The molecule has 19 heavy (non-hydrogen) atoms. The highest BCUT2D eigenvalue weighted by Crippen LogP contribution is 2.17. The largest absolute Gasteiger partial charge is 0.444 e. The SMILES string of the molecule is CC(C)(C)OC(=O)N1CC(O)CN2CCOCC2C1. The maximum absolute atomic E-state index is 12.1. The molecule has 2 aliphatic heterocycles. The Hall–Kier alpha value is -0.850. The number of carbonyl (C=O) groups excluding carboxylic acids is 1. The van der Waals surface area contributed by atoms with E-state index in [1.807, 2.05) is 20.8 Å². The first-order valence-electron chi connectivity index (χ1n) is 6.83. The number of amides is 1. The van der Waals surface area contributed by atoms with Gasteiger partial charge in [-0.3, -0.25) is 4.90 Å². The van der Waals surface area contributed by atoms with Gasteiger partial charge < -0.3 is 19.5 Å². The average molecular weight is 272 g/mol. The summed E-state index contributed by atoms with van der Waals surface area (Å²) in [4.78, 5) is 15.9. The lowest BCUT2D eigenvalue weighted by Gasteiger charge is -2.35. The van der Waals surface area contributed by atoms with Crippen molar-refractivity contribution in [2.45, 2.75) is 38.5 Å². The molecule has 1 N–H and O–H groups in total. The number of ether oxygens (including phenoxy) is 2. The quantitative estimate of drug-likeness (QED) is 0.687. The van der Waals surface area contributed by atoms with Gasteiger partial charge in [0.25, 0.3) is 0 Å². The lowest BCUT2D eigenvalue weighted by molar-refractivity contribution is -0.0188. The molecule has 0 aromatic heterocycles. The highest BCUT2D eigenvalue weighted by Gasteiger charge is 2.34. The third-order valence-corrected chi connectivity index (χ3v) is 3.31. The van der Waals surface area contributed by atoms with E-state index >= 15 is 0 Å². The van der Waals surface area contributed by atoms with E-state index in [1.54, 1.807) is 4.90 Å².